The summed E-state index contributed by atoms with van der Waals surface area (Å²) in [5.41, 5.74) is 4.32. The zero-order valence-corrected chi connectivity index (χ0v) is 16.4. The van der Waals surface area contributed by atoms with E-state index in [1.165, 1.54) is 0 Å². The minimum absolute atomic E-state index is 0.759. The third kappa shape index (κ3) is 4.86. The average Bonchev–Trinajstić information content (AvgIpc) is 2.77. The molecule has 3 aromatic carbocycles. The summed E-state index contributed by atoms with van der Waals surface area (Å²) >= 11 is 0. The fourth-order valence-electron chi connectivity index (χ4n) is 2.64. The van der Waals surface area contributed by atoms with Crippen molar-refractivity contribution in [2.75, 3.05) is 0 Å². The highest BCUT2D eigenvalue weighted by molar-refractivity contribution is 5.98. The van der Waals surface area contributed by atoms with Crippen molar-refractivity contribution in [2.45, 2.75) is 26.6 Å². The van der Waals surface area contributed by atoms with E-state index in [1.807, 2.05) is 112 Å². The Balaban J connectivity index is 1.86. The Morgan fingerprint density at radius 2 is 0.964 bits per heavy atom. The fourth-order valence-corrected chi connectivity index (χ4v) is 2.64. The van der Waals surface area contributed by atoms with Gasteiger partial charge in [-0.2, -0.15) is 0 Å². The van der Waals surface area contributed by atoms with Gasteiger partial charge in [0.15, 0.2) is 0 Å². The van der Waals surface area contributed by atoms with Gasteiger partial charge in [0, 0.05) is 12.5 Å². The van der Waals surface area contributed by atoms with Gasteiger partial charge < -0.3 is 9.68 Å². The lowest BCUT2D eigenvalue weighted by Crippen LogP contribution is -2.27. The third-order valence-electron chi connectivity index (χ3n) is 4.39. The van der Waals surface area contributed by atoms with E-state index in [-0.39, 0.29) is 0 Å². The second kappa shape index (κ2) is 9.00. The maximum absolute atomic E-state index is 5.88. The fraction of sp³-hybridized carbons (Fsp3) is 0.167. The van der Waals surface area contributed by atoms with E-state index in [1.54, 1.807) is 0 Å². The van der Waals surface area contributed by atoms with Crippen molar-refractivity contribution in [1.82, 2.24) is 0 Å². The number of hydrogen-bond donors (Lipinski definition) is 0. The van der Waals surface area contributed by atoms with Crippen molar-refractivity contribution >= 4 is 11.4 Å². The van der Waals surface area contributed by atoms with E-state index in [4.69, 9.17) is 9.68 Å². The molecule has 0 saturated carbocycles. The molecule has 0 fully saturated rings. The van der Waals surface area contributed by atoms with Crippen LogP contribution in [0.5, 0.6) is 0 Å². The topological polar surface area (TPSA) is 43.2 Å². The lowest BCUT2D eigenvalue weighted by molar-refractivity contribution is -0.236. The van der Waals surface area contributed by atoms with Gasteiger partial charge in [-0.3, -0.25) is 0 Å². The number of oxime groups is 2. The van der Waals surface area contributed by atoms with Gasteiger partial charge in [-0.1, -0.05) is 101 Å². The highest BCUT2D eigenvalue weighted by atomic mass is 16.8. The van der Waals surface area contributed by atoms with E-state index in [0.29, 0.717) is 0 Å². The van der Waals surface area contributed by atoms with Crippen LogP contribution >= 0.6 is 0 Å². The van der Waals surface area contributed by atoms with Crippen LogP contribution in [0.4, 0.5) is 0 Å². The van der Waals surface area contributed by atoms with Crippen LogP contribution in [0.25, 0.3) is 0 Å². The van der Waals surface area contributed by atoms with E-state index in [0.717, 1.165) is 28.1 Å². The molecule has 0 heterocycles. The standard InChI is InChI=1S/C24H24N2O2/c1-19(21-13-7-4-8-14-21)25-27-24(3,23-17-11-6-12-18-23)28-26-20(2)22-15-9-5-10-16-22/h4-18H,1-3H3/b25-19+,26-20+. The SMILES string of the molecule is C/C(=N\OC(C)(O/N=C(\C)c1ccccc1)c1ccccc1)c1ccccc1. The van der Waals surface area contributed by atoms with E-state index in [9.17, 15) is 0 Å². The van der Waals surface area contributed by atoms with Crippen molar-refractivity contribution in [2.24, 2.45) is 10.3 Å². The molecule has 142 valence electrons. The molecule has 0 N–H and O–H groups in total. The molecule has 0 amide bonds. The van der Waals surface area contributed by atoms with Gasteiger partial charge in [-0.05, 0) is 25.0 Å². The molecule has 3 aromatic rings. The smallest absolute Gasteiger partial charge is 0.322 e. The van der Waals surface area contributed by atoms with Crippen LogP contribution in [0.3, 0.4) is 0 Å². The molecule has 0 atom stereocenters. The van der Waals surface area contributed by atoms with Crippen LogP contribution in [-0.2, 0) is 15.5 Å². The molecule has 0 bridgehead atoms. The van der Waals surface area contributed by atoms with Crippen molar-refractivity contribution < 1.29 is 9.68 Å². The largest absolute Gasteiger partial charge is 0.341 e. The highest BCUT2D eigenvalue weighted by Gasteiger charge is 2.32. The second-order valence-corrected chi connectivity index (χ2v) is 6.58. The summed E-state index contributed by atoms with van der Waals surface area (Å²) in [6.07, 6.45) is 0. The van der Waals surface area contributed by atoms with Gasteiger partial charge in [-0.15, -0.1) is 0 Å². The molecule has 0 aromatic heterocycles. The molecule has 0 radical (unpaired) electrons. The van der Waals surface area contributed by atoms with Gasteiger partial charge in [0.2, 0.25) is 0 Å². The first-order chi connectivity index (χ1) is 13.6. The normalized spacial score (nSPS) is 12.5. The predicted octanol–water partition coefficient (Wildman–Crippen LogP) is 5.74. The van der Waals surface area contributed by atoms with Crippen LogP contribution in [0.15, 0.2) is 101 Å². The number of benzene rings is 3. The molecule has 0 unspecified atom stereocenters. The van der Waals surface area contributed by atoms with Gasteiger partial charge in [0.25, 0.3) is 0 Å². The summed E-state index contributed by atoms with van der Waals surface area (Å²) in [5, 5.41) is 8.63. The Labute approximate surface area is 166 Å². The number of hydrogen-bond acceptors (Lipinski definition) is 4. The van der Waals surface area contributed by atoms with Gasteiger partial charge in [-0.25, -0.2) is 0 Å². The van der Waals surface area contributed by atoms with E-state index >= 15 is 0 Å². The Morgan fingerprint density at radius 1 is 0.607 bits per heavy atom. The Kier molecular flexibility index (Phi) is 6.22. The summed E-state index contributed by atoms with van der Waals surface area (Å²) in [6, 6.07) is 29.4. The minimum atomic E-state index is -1.16. The Bertz CT molecular complexity index is 879. The number of rotatable bonds is 7. The summed E-state index contributed by atoms with van der Waals surface area (Å²) in [6.45, 7) is 5.62. The first-order valence-electron chi connectivity index (χ1n) is 9.20. The predicted molar refractivity (Wildman–Crippen MR) is 113 cm³/mol. The molecule has 0 spiro atoms. The number of nitrogens with zero attached hydrogens (tertiary/aromatic N) is 2. The molecular formula is C24H24N2O2. The zero-order chi connectivity index (χ0) is 19.8. The second-order valence-electron chi connectivity index (χ2n) is 6.58. The average molecular weight is 372 g/mol. The van der Waals surface area contributed by atoms with Crippen LogP contribution in [0.1, 0.15) is 37.5 Å². The Hall–Kier alpha value is -3.40. The van der Waals surface area contributed by atoms with Crippen LogP contribution in [-0.4, -0.2) is 11.4 Å². The lowest BCUT2D eigenvalue weighted by Gasteiger charge is -2.25. The van der Waals surface area contributed by atoms with Crippen LogP contribution in [0, 0.1) is 0 Å². The third-order valence-corrected chi connectivity index (χ3v) is 4.39. The summed E-state index contributed by atoms with van der Waals surface area (Å²) < 4.78 is 0. The first kappa shape index (κ1) is 19.4. The quantitative estimate of drug-likeness (QED) is 0.301. The molecule has 4 nitrogen and oxygen atoms in total. The van der Waals surface area contributed by atoms with Crippen molar-refractivity contribution in [3.8, 4) is 0 Å². The lowest BCUT2D eigenvalue weighted by atomic mass is 10.1. The molecule has 0 aliphatic carbocycles. The molecule has 0 aliphatic rings. The maximum atomic E-state index is 5.88. The van der Waals surface area contributed by atoms with E-state index < -0.39 is 5.79 Å². The van der Waals surface area contributed by atoms with Crippen LogP contribution < -0.4 is 0 Å². The first-order valence-corrected chi connectivity index (χ1v) is 9.20. The van der Waals surface area contributed by atoms with Crippen molar-refractivity contribution in [1.29, 1.82) is 0 Å². The maximum Gasteiger partial charge on any atom is 0.322 e. The monoisotopic (exact) mass is 372 g/mol. The summed E-state index contributed by atoms with van der Waals surface area (Å²) in [5.74, 6) is -1.16. The van der Waals surface area contributed by atoms with Crippen molar-refractivity contribution in [3.63, 3.8) is 0 Å². The summed E-state index contributed by atoms with van der Waals surface area (Å²) in [4.78, 5) is 11.8. The minimum Gasteiger partial charge on any atom is -0.341 e. The van der Waals surface area contributed by atoms with Crippen LogP contribution in [0.2, 0.25) is 0 Å². The molecule has 0 saturated heterocycles. The zero-order valence-electron chi connectivity index (χ0n) is 16.4. The molecule has 3 rings (SSSR count). The molecular weight excluding hydrogens is 348 g/mol. The van der Waals surface area contributed by atoms with Gasteiger partial charge in [0.05, 0.1) is 11.4 Å². The molecule has 4 heteroatoms. The highest BCUT2D eigenvalue weighted by Crippen LogP contribution is 2.28. The van der Waals surface area contributed by atoms with Gasteiger partial charge in [0.1, 0.15) is 0 Å². The summed E-state index contributed by atoms with van der Waals surface area (Å²) in [7, 11) is 0. The van der Waals surface area contributed by atoms with Crippen molar-refractivity contribution in [3.05, 3.63) is 108 Å². The molecule has 28 heavy (non-hydrogen) atoms. The van der Waals surface area contributed by atoms with E-state index in [2.05, 4.69) is 10.3 Å². The molecule has 0 aliphatic heterocycles. The Morgan fingerprint density at radius 3 is 1.36 bits per heavy atom. The van der Waals surface area contributed by atoms with Gasteiger partial charge >= 0.3 is 5.79 Å².